The van der Waals surface area contributed by atoms with Gasteiger partial charge in [0.15, 0.2) is 5.78 Å². The Hall–Kier alpha value is -2.27. The molecule has 0 aliphatic heterocycles. The SMILES string of the molecule is O=C1/C(=C\c2ccc(Br)cc2)CC/C1=C\c1ccccc1OC(F)F. The number of ketones is 1. The highest BCUT2D eigenvalue weighted by Crippen LogP contribution is 2.32. The van der Waals surface area contributed by atoms with Crippen LogP contribution in [-0.2, 0) is 4.79 Å². The van der Waals surface area contributed by atoms with Gasteiger partial charge in [-0.15, -0.1) is 0 Å². The monoisotopic (exact) mass is 404 g/mol. The van der Waals surface area contributed by atoms with Gasteiger partial charge in [0.25, 0.3) is 0 Å². The Balaban J connectivity index is 1.85. The number of para-hydroxylation sites is 1. The standard InChI is InChI=1S/C20H15BrF2O2/c21-17-9-5-13(6-10-17)11-15-7-8-16(19(15)24)12-14-3-1-2-4-18(14)25-20(22)23/h1-6,9-12,20H,7-8H2/b15-11-,16-12+. The van der Waals surface area contributed by atoms with Crippen molar-refractivity contribution in [2.75, 3.05) is 0 Å². The lowest BCUT2D eigenvalue weighted by molar-refractivity contribution is -0.111. The van der Waals surface area contributed by atoms with Crippen molar-refractivity contribution in [1.29, 1.82) is 0 Å². The molecule has 1 aliphatic carbocycles. The summed E-state index contributed by atoms with van der Waals surface area (Å²) in [5.41, 5.74) is 2.76. The highest BCUT2D eigenvalue weighted by atomic mass is 79.9. The van der Waals surface area contributed by atoms with Gasteiger partial charge in [-0.05, 0) is 48.8 Å². The van der Waals surface area contributed by atoms with Gasteiger partial charge in [0.05, 0.1) is 0 Å². The number of carbonyl (C=O) groups excluding carboxylic acids is 1. The molecule has 0 bridgehead atoms. The molecular weight excluding hydrogens is 390 g/mol. The van der Waals surface area contributed by atoms with Crippen LogP contribution in [0.15, 0.2) is 64.1 Å². The van der Waals surface area contributed by atoms with Crippen molar-refractivity contribution in [3.05, 3.63) is 75.3 Å². The van der Waals surface area contributed by atoms with Gasteiger partial charge in [0.1, 0.15) is 5.75 Å². The van der Waals surface area contributed by atoms with Gasteiger partial charge < -0.3 is 4.74 Å². The van der Waals surface area contributed by atoms with E-state index in [1.807, 2.05) is 30.3 Å². The molecule has 0 spiro atoms. The molecule has 0 amide bonds. The van der Waals surface area contributed by atoms with Gasteiger partial charge in [-0.2, -0.15) is 8.78 Å². The molecule has 0 radical (unpaired) electrons. The van der Waals surface area contributed by atoms with Crippen LogP contribution in [0, 0.1) is 0 Å². The van der Waals surface area contributed by atoms with E-state index in [4.69, 9.17) is 0 Å². The van der Waals surface area contributed by atoms with E-state index in [1.165, 1.54) is 6.07 Å². The molecule has 2 aromatic carbocycles. The Kier molecular flexibility index (Phi) is 5.43. The van der Waals surface area contributed by atoms with Crippen molar-refractivity contribution in [3.8, 4) is 5.75 Å². The number of Topliss-reactive ketones (excluding diaryl/α,β-unsaturated/α-hetero) is 1. The maximum absolute atomic E-state index is 12.6. The number of hydrogen-bond acceptors (Lipinski definition) is 2. The van der Waals surface area contributed by atoms with Crippen LogP contribution in [0.4, 0.5) is 8.78 Å². The highest BCUT2D eigenvalue weighted by Gasteiger charge is 2.23. The Morgan fingerprint density at radius 3 is 2.28 bits per heavy atom. The van der Waals surface area contributed by atoms with E-state index >= 15 is 0 Å². The third-order valence-electron chi connectivity index (χ3n) is 3.92. The fraction of sp³-hybridized carbons (Fsp3) is 0.150. The molecule has 2 aromatic rings. The van der Waals surface area contributed by atoms with Crippen LogP contribution in [0.5, 0.6) is 5.75 Å². The first-order chi connectivity index (χ1) is 12.0. The number of benzene rings is 2. The number of halogens is 3. The summed E-state index contributed by atoms with van der Waals surface area (Å²) >= 11 is 3.38. The maximum atomic E-state index is 12.6. The number of allylic oxidation sites excluding steroid dienone is 2. The summed E-state index contributed by atoms with van der Waals surface area (Å²) in [7, 11) is 0. The summed E-state index contributed by atoms with van der Waals surface area (Å²) in [4.78, 5) is 12.6. The van der Waals surface area contributed by atoms with Gasteiger partial charge in [0.2, 0.25) is 0 Å². The van der Waals surface area contributed by atoms with E-state index in [0.717, 1.165) is 15.6 Å². The van der Waals surface area contributed by atoms with Gasteiger partial charge in [-0.3, -0.25) is 4.79 Å². The average molecular weight is 405 g/mol. The molecule has 128 valence electrons. The van der Waals surface area contributed by atoms with E-state index in [-0.39, 0.29) is 11.5 Å². The van der Waals surface area contributed by atoms with Crippen LogP contribution in [0.2, 0.25) is 0 Å². The first kappa shape index (κ1) is 17.5. The summed E-state index contributed by atoms with van der Waals surface area (Å²) in [5, 5.41) is 0. The first-order valence-electron chi connectivity index (χ1n) is 7.78. The van der Waals surface area contributed by atoms with E-state index in [9.17, 15) is 13.6 Å². The number of ether oxygens (including phenoxy) is 1. The van der Waals surface area contributed by atoms with Crippen molar-refractivity contribution in [2.24, 2.45) is 0 Å². The normalized spacial score (nSPS) is 17.7. The number of rotatable bonds is 4. The molecule has 3 rings (SSSR count). The number of hydrogen-bond donors (Lipinski definition) is 0. The van der Waals surface area contributed by atoms with Crippen molar-refractivity contribution in [2.45, 2.75) is 19.5 Å². The van der Waals surface area contributed by atoms with Crippen LogP contribution in [0.3, 0.4) is 0 Å². The quantitative estimate of drug-likeness (QED) is 0.594. The summed E-state index contributed by atoms with van der Waals surface area (Å²) in [6.07, 6.45) is 4.74. The minimum absolute atomic E-state index is 0.0465. The lowest BCUT2D eigenvalue weighted by Crippen LogP contribution is -2.03. The fourth-order valence-electron chi connectivity index (χ4n) is 2.73. The molecule has 0 N–H and O–H groups in total. The largest absolute Gasteiger partial charge is 0.434 e. The summed E-state index contributed by atoms with van der Waals surface area (Å²) in [6.45, 7) is -2.90. The maximum Gasteiger partial charge on any atom is 0.387 e. The number of carbonyl (C=O) groups is 1. The van der Waals surface area contributed by atoms with Crippen molar-refractivity contribution < 1.29 is 18.3 Å². The second kappa shape index (κ2) is 7.74. The zero-order chi connectivity index (χ0) is 17.8. The van der Waals surface area contributed by atoms with Crippen molar-refractivity contribution in [3.63, 3.8) is 0 Å². The Morgan fingerprint density at radius 2 is 1.60 bits per heavy atom. The van der Waals surface area contributed by atoms with E-state index < -0.39 is 6.61 Å². The van der Waals surface area contributed by atoms with Gasteiger partial charge in [-0.1, -0.05) is 46.3 Å². The lowest BCUT2D eigenvalue weighted by atomic mass is 10.1. The summed E-state index contributed by atoms with van der Waals surface area (Å²) in [6, 6.07) is 14.2. The molecule has 0 aromatic heterocycles. The third kappa shape index (κ3) is 4.42. The zero-order valence-electron chi connectivity index (χ0n) is 13.2. The van der Waals surface area contributed by atoms with E-state index in [2.05, 4.69) is 20.7 Å². The first-order valence-corrected chi connectivity index (χ1v) is 8.57. The van der Waals surface area contributed by atoms with Gasteiger partial charge in [0, 0.05) is 21.2 Å². The zero-order valence-corrected chi connectivity index (χ0v) is 14.8. The van der Waals surface area contributed by atoms with Crippen LogP contribution in [0.1, 0.15) is 24.0 Å². The Labute approximate surface area is 152 Å². The van der Waals surface area contributed by atoms with Crippen LogP contribution >= 0.6 is 15.9 Å². The topological polar surface area (TPSA) is 26.3 Å². The predicted octanol–water partition coefficient (Wildman–Crippen LogP) is 5.88. The molecule has 1 saturated carbocycles. The van der Waals surface area contributed by atoms with Crippen molar-refractivity contribution >= 4 is 33.9 Å². The highest BCUT2D eigenvalue weighted by molar-refractivity contribution is 9.10. The molecule has 0 unspecified atom stereocenters. The van der Waals surface area contributed by atoms with E-state index in [1.54, 1.807) is 24.3 Å². The van der Waals surface area contributed by atoms with Crippen LogP contribution in [0.25, 0.3) is 12.2 Å². The molecule has 25 heavy (non-hydrogen) atoms. The minimum atomic E-state index is -2.90. The second-order valence-electron chi connectivity index (χ2n) is 5.64. The lowest BCUT2D eigenvalue weighted by Gasteiger charge is -2.08. The molecule has 1 aliphatic rings. The van der Waals surface area contributed by atoms with Gasteiger partial charge >= 0.3 is 6.61 Å². The minimum Gasteiger partial charge on any atom is -0.434 e. The Morgan fingerprint density at radius 1 is 0.960 bits per heavy atom. The molecule has 0 saturated heterocycles. The molecule has 5 heteroatoms. The Bertz CT molecular complexity index is 839. The fourth-order valence-corrected chi connectivity index (χ4v) is 2.99. The van der Waals surface area contributed by atoms with E-state index in [0.29, 0.717) is 24.0 Å². The second-order valence-corrected chi connectivity index (χ2v) is 6.55. The summed E-state index contributed by atoms with van der Waals surface area (Å²) in [5.74, 6) is 0.0258. The van der Waals surface area contributed by atoms with Gasteiger partial charge in [-0.25, -0.2) is 0 Å². The number of alkyl halides is 2. The molecule has 0 atom stereocenters. The molecular formula is C20H15BrF2O2. The third-order valence-corrected chi connectivity index (χ3v) is 4.45. The van der Waals surface area contributed by atoms with Crippen LogP contribution in [-0.4, -0.2) is 12.4 Å². The smallest absolute Gasteiger partial charge is 0.387 e. The molecule has 1 fully saturated rings. The molecule has 2 nitrogen and oxygen atoms in total. The van der Waals surface area contributed by atoms with Crippen molar-refractivity contribution in [1.82, 2.24) is 0 Å². The predicted molar refractivity (Wildman–Crippen MR) is 97.4 cm³/mol. The van der Waals surface area contributed by atoms with Crippen LogP contribution < -0.4 is 4.74 Å². The average Bonchev–Trinajstić information content (AvgIpc) is 2.91. The summed E-state index contributed by atoms with van der Waals surface area (Å²) < 4.78 is 30.5. The molecule has 0 heterocycles.